The Bertz CT molecular complexity index is 1470. The van der Waals surface area contributed by atoms with Crippen LogP contribution in [-0.4, -0.2) is 27.0 Å². The van der Waals surface area contributed by atoms with Gasteiger partial charge in [-0.15, -0.1) is 4.68 Å². The summed E-state index contributed by atoms with van der Waals surface area (Å²) < 4.78 is 7.39. The minimum Gasteiger partial charge on any atom is -0.488 e. The molecule has 0 aliphatic carbocycles. The Labute approximate surface area is 194 Å². The number of ether oxygens (including phenoxy) is 1. The lowest BCUT2D eigenvalue weighted by Crippen LogP contribution is -2.32. The summed E-state index contributed by atoms with van der Waals surface area (Å²) in [6.45, 7) is 0.215. The molecule has 1 heterocycles. The topological polar surface area (TPSA) is 114 Å². The van der Waals surface area contributed by atoms with Crippen LogP contribution in [0.5, 0.6) is 5.75 Å². The second-order valence-corrected chi connectivity index (χ2v) is 7.98. The number of nitrogens with one attached hydrogen (secondary N) is 1. The Balaban J connectivity index is 1.53. The van der Waals surface area contributed by atoms with Crippen molar-refractivity contribution in [2.24, 2.45) is 5.10 Å². The van der Waals surface area contributed by atoms with Crippen molar-refractivity contribution in [1.82, 2.24) is 9.66 Å². The number of carboxylic acids is 1. The standard InChI is InChI=1S/C23H16IN3O5/c24-18-11-14(8-9-20(18)32-13-15-4-3-5-16(10-15)22(29)30)12-25-27-21(28)17-6-1-2-7-19(17)26-23(27)31/h1-12H,13H2,(H,26,31)(H,29,30). The van der Waals surface area contributed by atoms with E-state index in [4.69, 9.17) is 9.84 Å². The minimum atomic E-state index is -0.991. The van der Waals surface area contributed by atoms with Crippen molar-refractivity contribution < 1.29 is 14.6 Å². The molecule has 32 heavy (non-hydrogen) atoms. The number of halogens is 1. The largest absolute Gasteiger partial charge is 0.488 e. The summed E-state index contributed by atoms with van der Waals surface area (Å²) in [4.78, 5) is 38.5. The summed E-state index contributed by atoms with van der Waals surface area (Å²) in [5.41, 5.74) is 0.947. The molecule has 0 radical (unpaired) electrons. The van der Waals surface area contributed by atoms with E-state index in [-0.39, 0.29) is 12.2 Å². The van der Waals surface area contributed by atoms with Crippen LogP contribution in [0, 0.1) is 3.57 Å². The maximum atomic E-state index is 12.5. The molecule has 4 aromatic rings. The van der Waals surface area contributed by atoms with Gasteiger partial charge in [-0.2, -0.15) is 5.10 Å². The summed E-state index contributed by atoms with van der Waals surface area (Å²) in [6.07, 6.45) is 1.42. The number of fused-ring (bicyclic) bond motifs is 1. The molecule has 0 saturated carbocycles. The number of aromatic nitrogens is 2. The van der Waals surface area contributed by atoms with Gasteiger partial charge in [0, 0.05) is 0 Å². The van der Waals surface area contributed by atoms with Crippen LogP contribution in [0.25, 0.3) is 10.9 Å². The molecule has 8 nitrogen and oxygen atoms in total. The highest BCUT2D eigenvalue weighted by molar-refractivity contribution is 14.1. The molecular weight excluding hydrogens is 525 g/mol. The van der Waals surface area contributed by atoms with Crippen molar-refractivity contribution in [1.29, 1.82) is 0 Å². The molecule has 2 N–H and O–H groups in total. The van der Waals surface area contributed by atoms with Crippen LogP contribution in [0.1, 0.15) is 21.5 Å². The molecule has 9 heteroatoms. The fourth-order valence-electron chi connectivity index (χ4n) is 3.05. The predicted octanol–water partition coefficient (Wildman–Crippen LogP) is 3.45. The van der Waals surface area contributed by atoms with Crippen molar-refractivity contribution >= 4 is 45.7 Å². The monoisotopic (exact) mass is 541 g/mol. The lowest BCUT2D eigenvalue weighted by molar-refractivity contribution is 0.0696. The van der Waals surface area contributed by atoms with E-state index in [1.54, 1.807) is 60.7 Å². The van der Waals surface area contributed by atoms with Crippen molar-refractivity contribution in [3.05, 3.63) is 108 Å². The number of para-hydroxylation sites is 1. The van der Waals surface area contributed by atoms with Crippen molar-refractivity contribution in [3.63, 3.8) is 0 Å². The van der Waals surface area contributed by atoms with E-state index in [0.717, 1.165) is 13.8 Å². The molecule has 0 atom stereocenters. The van der Waals surface area contributed by atoms with Gasteiger partial charge in [0.25, 0.3) is 5.56 Å². The molecule has 0 fully saturated rings. The first-order valence-corrected chi connectivity index (χ1v) is 10.5. The van der Waals surface area contributed by atoms with Crippen LogP contribution in [0.2, 0.25) is 0 Å². The highest BCUT2D eigenvalue weighted by Gasteiger charge is 2.08. The maximum Gasteiger partial charge on any atom is 0.349 e. The third-order valence-electron chi connectivity index (χ3n) is 4.63. The molecule has 4 rings (SSSR count). The molecular formula is C23H16IN3O5. The Morgan fingerprint density at radius 3 is 2.69 bits per heavy atom. The molecule has 0 saturated heterocycles. The molecule has 0 amide bonds. The van der Waals surface area contributed by atoms with E-state index >= 15 is 0 Å². The van der Waals surface area contributed by atoms with Gasteiger partial charge in [-0.05, 0) is 76.2 Å². The zero-order valence-electron chi connectivity index (χ0n) is 16.5. The number of aromatic carboxylic acids is 1. The molecule has 0 aliphatic heterocycles. The van der Waals surface area contributed by atoms with E-state index in [0.29, 0.717) is 22.2 Å². The van der Waals surface area contributed by atoms with Crippen LogP contribution < -0.4 is 16.0 Å². The van der Waals surface area contributed by atoms with Gasteiger partial charge in [0.15, 0.2) is 0 Å². The summed E-state index contributed by atoms with van der Waals surface area (Å²) in [6, 6.07) is 18.6. The number of nitrogens with zero attached hydrogens (tertiary/aromatic N) is 2. The van der Waals surface area contributed by atoms with Crippen LogP contribution in [0.15, 0.2) is 81.4 Å². The SMILES string of the molecule is O=C(O)c1cccc(COc2ccc(C=Nn3c(=O)[nH]c4ccccc4c3=O)cc2I)c1. The highest BCUT2D eigenvalue weighted by atomic mass is 127. The van der Waals surface area contributed by atoms with Gasteiger partial charge in [0.1, 0.15) is 12.4 Å². The lowest BCUT2D eigenvalue weighted by atomic mass is 10.1. The third kappa shape index (κ3) is 4.62. The van der Waals surface area contributed by atoms with Gasteiger partial charge < -0.3 is 14.8 Å². The van der Waals surface area contributed by atoms with Gasteiger partial charge in [0.05, 0.1) is 26.3 Å². The smallest absolute Gasteiger partial charge is 0.349 e. The average molecular weight is 541 g/mol. The molecule has 0 bridgehead atoms. The van der Waals surface area contributed by atoms with Crippen molar-refractivity contribution in [2.75, 3.05) is 0 Å². The van der Waals surface area contributed by atoms with Gasteiger partial charge >= 0.3 is 11.7 Å². The van der Waals surface area contributed by atoms with Crippen LogP contribution >= 0.6 is 22.6 Å². The lowest BCUT2D eigenvalue weighted by Gasteiger charge is -2.09. The number of rotatable bonds is 6. The second-order valence-electron chi connectivity index (χ2n) is 6.82. The summed E-state index contributed by atoms with van der Waals surface area (Å²) in [5, 5.41) is 13.5. The van der Waals surface area contributed by atoms with E-state index in [1.165, 1.54) is 12.3 Å². The third-order valence-corrected chi connectivity index (χ3v) is 5.47. The zero-order valence-corrected chi connectivity index (χ0v) is 18.6. The molecule has 0 unspecified atom stereocenters. The normalized spacial score (nSPS) is 11.2. The van der Waals surface area contributed by atoms with Crippen molar-refractivity contribution in [3.8, 4) is 5.75 Å². The molecule has 160 valence electrons. The predicted molar refractivity (Wildman–Crippen MR) is 129 cm³/mol. The van der Waals surface area contributed by atoms with Gasteiger partial charge in [-0.25, -0.2) is 9.59 Å². The molecule has 0 spiro atoms. The number of carboxylic acid groups (broad SMARTS) is 1. The second kappa shape index (κ2) is 9.18. The van der Waals surface area contributed by atoms with Gasteiger partial charge in [-0.3, -0.25) is 4.79 Å². The number of H-pyrrole nitrogens is 1. The first-order chi connectivity index (χ1) is 15.4. The number of aromatic amines is 1. The first kappa shape index (κ1) is 21.5. The van der Waals surface area contributed by atoms with Crippen LogP contribution in [0.4, 0.5) is 0 Å². The first-order valence-electron chi connectivity index (χ1n) is 9.45. The number of hydrogen-bond donors (Lipinski definition) is 2. The molecule has 1 aromatic heterocycles. The Hall–Kier alpha value is -3.73. The van der Waals surface area contributed by atoms with Crippen molar-refractivity contribution in [2.45, 2.75) is 6.61 Å². The number of benzene rings is 3. The van der Waals surface area contributed by atoms with Crippen LogP contribution in [-0.2, 0) is 6.61 Å². The zero-order chi connectivity index (χ0) is 22.7. The Morgan fingerprint density at radius 2 is 1.91 bits per heavy atom. The molecule has 0 aliphatic rings. The average Bonchev–Trinajstić information content (AvgIpc) is 2.78. The summed E-state index contributed by atoms with van der Waals surface area (Å²) >= 11 is 2.11. The van der Waals surface area contributed by atoms with E-state index in [2.05, 4.69) is 32.7 Å². The summed E-state index contributed by atoms with van der Waals surface area (Å²) in [7, 11) is 0. The van der Waals surface area contributed by atoms with E-state index in [9.17, 15) is 14.4 Å². The maximum absolute atomic E-state index is 12.5. The quantitative estimate of drug-likeness (QED) is 0.287. The number of hydrogen-bond acceptors (Lipinski definition) is 5. The van der Waals surface area contributed by atoms with Gasteiger partial charge in [0.2, 0.25) is 0 Å². The van der Waals surface area contributed by atoms with E-state index in [1.807, 2.05) is 0 Å². The summed E-state index contributed by atoms with van der Waals surface area (Å²) in [5.74, 6) is -0.376. The number of carbonyl (C=O) groups is 1. The fraction of sp³-hybridized carbons (Fsp3) is 0.0435. The minimum absolute atomic E-state index is 0.200. The molecule has 3 aromatic carbocycles. The van der Waals surface area contributed by atoms with Crippen LogP contribution in [0.3, 0.4) is 0 Å². The van der Waals surface area contributed by atoms with E-state index < -0.39 is 17.2 Å². The highest BCUT2D eigenvalue weighted by Crippen LogP contribution is 2.23. The Kier molecular flexibility index (Phi) is 6.17. The Morgan fingerprint density at radius 1 is 1.09 bits per heavy atom. The fourth-order valence-corrected chi connectivity index (χ4v) is 3.75. The van der Waals surface area contributed by atoms with Gasteiger partial charge in [-0.1, -0.05) is 24.3 Å².